The lowest BCUT2D eigenvalue weighted by molar-refractivity contribution is 0.0977. The zero-order chi connectivity index (χ0) is 22.7. The Hall–Kier alpha value is -3.11. The molecule has 0 amide bonds. The molecule has 4 rings (SSSR count). The van der Waals surface area contributed by atoms with Gasteiger partial charge in [-0.25, -0.2) is 0 Å². The molecule has 3 aromatic carbocycles. The number of ketones is 1. The Balaban J connectivity index is 1.39. The van der Waals surface area contributed by atoms with E-state index >= 15 is 0 Å². The molecule has 0 saturated carbocycles. The molecule has 0 spiro atoms. The molecule has 0 N–H and O–H groups in total. The van der Waals surface area contributed by atoms with Crippen LogP contribution in [-0.4, -0.2) is 30.3 Å². The standard InChI is InChI=1S/C29H33NO3/c31-27(15-7-8-18-30-19-9-10-20-30)26-16-17-28(32-22-24-11-3-1-4-12-24)29(21-26)33-23-25-13-5-2-6-14-25/h1-6,11-14,16-17,21H,7-10,15,18-20,22-23H2. The summed E-state index contributed by atoms with van der Waals surface area (Å²) in [5.41, 5.74) is 2.85. The van der Waals surface area contributed by atoms with Crippen LogP contribution in [0.3, 0.4) is 0 Å². The van der Waals surface area contributed by atoms with E-state index in [1.165, 1.54) is 25.9 Å². The molecule has 3 aromatic rings. The van der Waals surface area contributed by atoms with Crippen molar-refractivity contribution in [3.63, 3.8) is 0 Å². The first-order valence-corrected chi connectivity index (χ1v) is 12.0. The van der Waals surface area contributed by atoms with E-state index in [0.29, 0.717) is 36.7 Å². The van der Waals surface area contributed by atoms with Gasteiger partial charge in [-0.1, -0.05) is 60.7 Å². The van der Waals surface area contributed by atoms with E-state index in [4.69, 9.17) is 9.47 Å². The fourth-order valence-electron chi connectivity index (χ4n) is 4.16. The average Bonchev–Trinajstić information content (AvgIpc) is 3.39. The van der Waals surface area contributed by atoms with Gasteiger partial charge in [-0.3, -0.25) is 4.79 Å². The second kappa shape index (κ2) is 12.2. The second-order valence-corrected chi connectivity index (χ2v) is 8.64. The van der Waals surface area contributed by atoms with Crippen molar-refractivity contribution < 1.29 is 14.3 Å². The van der Waals surface area contributed by atoms with E-state index in [0.717, 1.165) is 30.5 Å². The van der Waals surface area contributed by atoms with E-state index in [-0.39, 0.29) is 5.78 Å². The van der Waals surface area contributed by atoms with Crippen LogP contribution in [0.2, 0.25) is 0 Å². The monoisotopic (exact) mass is 443 g/mol. The summed E-state index contributed by atoms with van der Waals surface area (Å²) in [7, 11) is 0. The molecule has 0 radical (unpaired) electrons. The number of nitrogens with zero attached hydrogens (tertiary/aromatic N) is 1. The Morgan fingerprint density at radius 3 is 1.97 bits per heavy atom. The minimum absolute atomic E-state index is 0.163. The van der Waals surface area contributed by atoms with Gasteiger partial charge in [-0.15, -0.1) is 0 Å². The van der Waals surface area contributed by atoms with Crippen molar-refractivity contribution >= 4 is 5.78 Å². The van der Waals surface area contributed by atoms with Crippen molar-refractivity contribution in [1.29, 1.82) is 0 Å². The second-order valence-electron chi connectivity index (χ2n) is 8.64. The summed E-state index contributed by atoms with van der Waals surface area (Å²) in [4.78, 5) is 15.3. The highest BCUT2D eigenvalue weighted by molar-refractivity contribution is 5.96. The van der Waals surface area contributed by atoms with E-state index in [2.05, 4.69) is 4.90 Å². The zero-order valence-electron chi connectivity index (χ0n) is 19.2. The van der Waals surface area contributed by atoms with Crippen molar-refractivity contribution in [1.82, 2.24) is 4.90 Å². The number of ether oxygens (including phenoxy) is 2. The maximum atomic E-state index is 12.8. The van der Waals surface area contributed by atoms with Gasteiger partial charge in [-0.2, -0.15) is 0 Å². The van der Waals surface area contributed by atoms with Crippen LogP contribution in [0.5, 0.6) is 11.5 Å². The zero-order valence-corrected chi connectivity index (χ0v) is 19.2. The highest BCUT2D eigenvalue weighted by Gasteiger charge is 2.14. The number of rotatable bonds is 12. The smallest absolute Gasteiger partial charge is 0.163 e. The number of hydrogen-bond donors (Lipinski definition) is 0. The first-order chi connectivity index (χ1) is 16.3. The SMILES string of the molecule is O=C(CCCCN1CCCC1)c1ccc(OCc2ccccc2)c(OCc2ccccc2)c1. The van der Waals surface area contributed by atoms with Gasteiger partial charge in [0.25, 0.3) is 0 Å². The first kappa shape index (κ1) is 23.1. The molecule has 172 valence electrons. The van der Waals surface area contributed by atoms with Gasteiger partial charge in [0.15, 0.2) is 17.3 Å². The molecule has 1 heterocycles. The van der Waals surface area contributed by atoms with Gasteiger partial charge in [0.2, 0.25) is 0 Å². The number of carbonyl (C=O) groups is 1. The highest BCUT2D eigenvalue weighted by atomic mass is 16.5. The van der Waals surface area contributed by atoms with Crippen molar-refractivity contribution in [2.75, 3.05) is 19.6 Å². The summed E-state index contributed by atoms with van der Waals surface area (Å²) in [6, 6.07) is 25.6. The van der Waals surface area contributed by atoms with Crippen LogP contribution in [0, 0.1) is 0 Å². The lowest BCUT2D eigenvalue weighted by atomic mass is 10.0. The van der Waals surface area contributed by atoms with E-state index in [9.17, 15) is 4.79 Å². The molecule has 1 aliphatic heterocycles. The molecule has 33 heavy (non-hydrogen) atoms. The number of Topliss-reactive ketones (excluding diaryl/α,β-unsaturated/α-hetero) is 1. The molecule has 0 aromatic heterocycles. The maximum Gasteiger partial charge on any atom is 0.163 e. The Kier molecular flexibility index (Phi) is 8.54. The van der Waals surface area contributed by atoms with Crippen LogP contribution in [0.1, 0.15) is 53.6 Å². The quantitative estimate of drug-likeness (QED) is 0.243. The van der Waals surface area contributed by atoms with Crippen molar-refractivity contribution in [3.8, 4) is 11.5 Å². The van der Waals surface area contributed by atoms with Crippen molar-refractivity contribution in [2.45, 2.75) is 45.3 Å². The molecule has 1 saturated heterocycles. The highest BCUT2D eigenvalue weighted by Crippen LogP contribution is 2.31. The third kappa shape index (κ3) is 7.19. The topological polar surface area (TPSA) is 38.8 Å². The minimum Gasteiger partial charge on any atom is -0.485 e. The first-order valence-electron chi connectivity index (χ1n) is 12.0. The van der Waals surface area contributed by atoms with Crippen LogP contribution in [0.25, 0.3) is 0 Å². The molecule has 0 aliphatic carbocycles. The summed E-state index contributed by atoms with van der Waals surface area (Å²) in [6.45, 7) is 4.40. The summed E-state index contributed by atoms with van der Waals surface area (Å²) in [6.07, 6.45) is 5.17. The van der Waals surface area contributed by atoms with Gasteiger partial charge in [0.1, 0.15) is 13.2 Å². The van der Waals surface area contributed by atoms with Gasteiger partial charge >= 0.3 is 0 Å². The lowest BCUT2D eigenvalue weighted by Crippen LogP contribution is -2.20. The molecule has 1 aliphatic rings. The normalized spacial score (nSPS) is 13.7. The largest absolute Gasteiger partial charge is 0.485 e. The number of benzene rings is 3. The summed E-state index contributed by atoms with van der Waals surface area (Å²) >= 11 is 0. The van der Waals surface area contributed by atoms with E-state index < -0.39 is 0 Å². The summed E-state index contributed by atoms with van der Waals surface area (Å²) in [5.74, 6) is 1.42. The van der Waals surface area contributed by atoms with Gasteiger partial charge in [0.05, 0.1) is 0 Å². The lowest BCUT2D eigenvalue weighted by Gasteiger charge is -2.15. The Morgan fingerprint density at radius 2 is 1.33 bits per heavy atom. The Labute approximate surface area is 197 Å². The molecule has 4 heteroatoms. The summed E-state index contributed by atoms with van der Waals surface area (Å²) < 4.78 is 12.2. The fraction of sp³-hybridized carbons (Fsp3) is 0.345. The molecule has 0 bridgehead atoms. The summed E-state index contributed by atoms with van der Waals surface area (Å²) in [5, 5.41) is 0. The number of hydrogen-bond acceptors (Lipinski definition) is 4. The van der Waals surface area contributed by atoms with Crippen LogP contribution in [0.15, 0.2) is 78.9 Å². The van der Waals surface area contributed by atoms with Crippen LogP contribution < -0.4 is 9.47 Å². The average molecular weight is 444 g/mol. The molecule has 4 nitrogen and oxygen atoms in total. The van der Waals surface area contributed by atoms with Crippen LogP contribution >= 0.6 is 0 Å². The fourth-order valence-corrected chi connectivity index (χ4v) is 4.16. The third-order valence-electron chi connectivity index (χ3n) is 6.07. The number of carbonyl (C=O) groups excluding carboxylic acids is 1. The third-order valence-corrected chi connectivity index (χ3v) is 6.07. The van der Waals surface area contributed by atoms with Crippen LogP contribution in [0.4, 0.5) is 0 Å². The molecular weight excluding hydrogens is 410 g/mol. The van der Waals surface area contributed by atoms with Crippen molar-refractivity contribution in [3.05, 3.63) is 95.6 Å². The van der Waals surface area contributed by atoms with Gasteiger partial charge in [0, 0.05) is 12.0 Å². The van der Waals surface area contributed by atoms with E-state index in [1.807, 2.05) is 78.9 Å². The van der Waals surface area contributed by atoms with Crippen LogP contribution in [-0.2, 0) is 13.2 Å². The number of likely N-dealkylation sites (tertiary alicyclic amines) is 1. The molecular formula is C29H33NO3. The molecule has 1 fully saturated rings. The van der Waals surface area contributed by atoms with E-state index in [1.54, 1.807) is 0 Å². The van der Waals surface area contributed by atoms with Gasteiger partial charge in [-0.05, 0) is 74.6 Å². The maximum absolute atomic E-state index is 12.8. The molecule has 0 atom stereocenters. The predicted octanol–water partition coefficient (Wildman–Crippen LogP) is 6.29. The molecule has 0 unspecified atom stereocenters. The Bertz CT molecular complexity index is 998. The van der Waals surface area contributed by atoms with Gasteiger partial charge < -0.3 is 14.4 Å². The number of unbranched alkanes of at least 4 members (excludes halogenated alkanes) is 1. The van der Waals surface area contributed by atoms with Crippen molar-refractivity contribution in [2.24, 2.45) is 0 Å². The predicted molar refractivity (Wildman–Crippen MR) is 132 cm³/mol. The Morgan fingerprint density at radius 1 is 0.727 bits per heavy atom. The minimum atomic E-state index is 0.163.